The number of amides is 7. The molecule has 0 saturated heterocycles. The number of phenols is 1. The summed E-state index contributed by atoms with van der Waals surface area (Å²) in [5.74, 6) is 0.0646. The molecule has 0 radical (unpaired) electrons. The number of rotatable bonds is 12. The highest BCUT2D eigenvalue weighted by Gasteiger charge is 2.18. The monoisotopic (exact) mass is 479 g/mol. The second-order valence-electron chi connectivity index (χ2n) is 8.47. The van der Waals surface area contributed by atoms with E-state index in [0.29, 0.717) is 6.42 Å². The third kappa shape index (κ3) is 12.4. The van der Waals surface area contributed by atoms with Crippen LogP contribution in [0.4, 0.5) is 14.4 Å². The van der Waals surface area contributed by atoms with Gasteiger partial charge in [-0.25, -0.2) is 14.4 Å². The minimum atomic E-state index is -0.684. The number of nitrogens with two attached hydrogens (primary N) is 1. The van der Waals surface area contributed by atoms with Gasteiger partial charge in [0.2, 0.25) is 5.91 Å². The highest BCUT2D eigenvalue weighted by atomic mass is 16.3. The molecule has 1 aromatic carbocycles. The maximum Gasteiger partial charge on any atom is 0.315 e. The number of phenolic OH excluding ortho intramolecular Hbond substituents is 1. The van der Waals surface area contributed by atoms with Gasteiger partial charge in [0.25, 0.3) is 0 Å². The molecule has 0 spiro atoms. The molecule has 34 heavy (non-hydrogen) atoms. The highest BCUT2D eigenvalue weighted by molar-refractivity contribution is 5.76. The lowest BCUT2D eigenvalue weighted by Gasteiger charge is -2.24. The van der Waals surface area contributed by atoms with Gasteiger partial charge in [-0.1, -0.05) is 26.0 Å². The first-order valence-corrected chi connectivity index (χ1v) is 11.1. The van der Waals surface area contributed by atoms with Gasteiger partial charge in [-0.15, -0.1) is 0 Å². The van der Waals surface area contributed by atoms with Crippen LogP contribution in [0.3, 0.4) is 0 Å². The average Bonchev–Trinajstić information content (AvgIpc) is 2.74. The van der Waals surface area contributed by atoms with Crippen molar-refractivity contribution in [1.29, 1.82) is 0 Å². The van der Waals surface area contributed by atoms with Gasteiger partial charge in [0, 0.05) is 38.6 Å². The minimum Gasteiger partial charge on any atom is -0.508 e. The van der Waals surface area contributed by atoms with Gasteiger partial charge < -0.3 is 42.7 Å². The number of urea groups is 3. The van der Waals surface area contributed by atoms with E-state index in [1.54, 1.807) is 31.2 Å². The quantitative estimate of drug-likeness (QED) is 0.211. The SMILES string of the molecule is CC(=O)N[C@H](CNC(=O)N[C@H](CNC(=O)N[C@@H](C)CNC(N)=O)Cc1ccc(O)cc1)C(C)C. The van der Waals surface area contributed by atoms with Gasteiger partial charge >= 0.3 is 18.1 Å². The lowest BCUT2D eigenvalue weighted by molar-refractivity contribution is -0.119. The van der Waals surface area contributed by atoms with Crippen molar-refractivity contribution >= 4 is 24.0 Å². The fraction of sp³-hybridized carbons (Fsp3) is 0.545. The van der Waals surface area contributed by atoms with Gasteiger partial charge in [0.1, 0.15) is 5.75 Å². The Hall–Kier alpha value is -3.70. The molecule has 12 nitrogen and oxygen atoms in total. The summed E-state index contributed by atoms with van der Waals surface area (Å²) in [4.78, 5) is 46.9. The molecule has 1 aromatic rings. The standard InChI is InChI=1S/C22H37N7O5/c1-13(2)19(28-15(4)30)12-26-22(34)29-17(9-16-5-7-18(31)8-6-16)11-25-21(33)27-14(3)10-24-20(23)32/h5-8,13-14,17,19,31H,9-12H2,1-4H3,(H,28,30)(H3,23,24,32)(H2,25,27,33)(H2,26,29,34)/t14-,17-,19+/m0/s1. The molecule has 7 amide bonds. The summed E-state index contributed by atoms with van der Waals surface area (Å²) in [7, 11) is 0. The predicted molar refractivity (Wildman–Crippen MR) is 128 cm³/mol. The normalized spacial score (nSPS) is 13.2. The van der Waals surface area contributed by atoms with Crippen LogP contribution in [0.2, 0.25) is 0 Å². The van der Waals surface area contributed by atoms with Crippen molar-refractivity contribution in [2.75, 3.05) is 19.6 Å². The predicted octanol–water partition coefficient (Wildman–Crippen LogP) is 0.119. The number of hydrogen-bond acceptors (Lipinski definition) is 5. The van der Waals surface area contributed by atoms with Crippen LogP contribution in [0, 0.1) is 5.92 Å². The molecule has 0 bridgehead atoms. The van der Waals surface area contributed by atoms with Gasteiger partial charge in [0.15, 0.2) is 0 Å². The van der Waals surface area contributed by atoms with Crippen molar-refractivity contribution in [1.82, 2.24) is 31.9 Å². The second kappa shape index (κ2) is 14.4. The maximum absolute atomic E-state index is 12.5. The molecule has 1 rings (SSSR count). The van der Waals surface area contributed by atoms with E-state index in [-0.39, 0.29) is 49.3 Å². The van der Waals surface area contributed by atoms with Crippen LogP contribution < -0.4 is 37.6 Å². The first kappa shape index (κ1) is 28.3. The number of benzene rings is 1. The number of carbonyl (C=O) groups is 4. The van der Waals surface area contributed by atoms with Crippen LogP contribution in [0.5, 0.6) is 5.75 Å². The number of aromatic hydroxyl groups is 1. The first-order valence-electron chi connectivity index (χ1n) is 11.1. The Bertz CT molecular complexity index is 816. The van der Waals surface area contributed by atoms with Gasteiger partial charge in [0.05, 0.1) is 6.04 Å². The van der Waals surface area contributed by atoms with Crippen molar-refractivity contribution in [3.63, 3.8) is 0 Å². The summed E-state index contributed by atoms with van der Waals surface area (Å²) in [6.45, 7) is 7.54. The Labute approximate surface area is 199 Å². The Kier molecular flexibility index (Phi) is 12.0. The highest BCUT2D eigenvalue weighted by Crippen LogP contribution is 2.11. The van der Waals surface area contributed by atoms with Crippen LogP contribution in [0.25, 0.3) is 0 Å². The zero-order valence-electron chi connectivity index (χ0n) is 20.1. The third-order valence-corrected chi connectivity index (χ3v) is 4.90. The van der Waals surface area contributed by atoms with E-state index in [2.05, 4.69) is 31.9 Å². The molecular weight excluding hydrogens is 442 g/mol. The van der Waals surface area contributed by atoms with E-state index in [0.717, 1.165) is 5.56 Å². The van der Waals surface area contributed by atoms with Gasteiger partial charge in [-0.05, 0) is 37.0 Å². The Morgan fingerprint density at radius 3 is 2.00 bits per heavy atom. The van der Waals surface area contributed by atoms with E-state index < -0.39 is 24.1 Å². The number of primary amides is 1. The van der Waals surface area contributed by atoms with Crippen molar-refractivity contribution < 1.29 is 24.3 Å². The molecule has 0 aliphatic carbocycles. The molecule has 0 aromatic heterocycles. The zero-order chi connectivity index (χ0) is 25.7. The molecule has 0 aliphatic rings. The molecule has 0 heterocycles. The van der Waals surface area contributed by atoms with Gasteiger partial charge in [-0.3, -0.25) is 4.79 Å². The molecule has 0 saturated carbocycles. The van der Waals surface area contributed by atoms with Crippen LogP contribution >= 0.6 is 0 Å². The molecule has 0 fully saturated rings. The fourth-order valence-electron chi connectivity index (χ4n) is 3.04. The van der Waals surface area contributed by atoms with E-state index >= 15 is 0 Å². The second-order valence-corrected chi connectivity index (χ2v) is 8.47. The van der Waals surface area contributed by atoms with E-state index in [9.17, 15) is 24.3 Å². The Morgan fingerprint density at radius 1 is 0.853 bits per heavy atom. The van der Waals surface area contributed by atoms with Gasteiger partial charge in [-0.2, -0.15) is 0 Å². The van der Waals surface area contributed by atoms with Crippen molar-refractivity contribution in [2.24, 2.45) is 11.7 Å². The van der Waals surface area contributed by atoms with Crippen LogP contribution in [-0.4, -0.2) is 66.9 Å². The summed E-state index contributed by atoms with van der Waals surface area (Å²) in [5, 5.41) is 25.7. The summed E-state index contributed by atoms with van der Waals surface area (Å²) < 4.78 is 0. The zero-order valence-corrected chi connectivity index (χ0v) is 20.1. The summed E-state index contributed by atoms with van der Waals surface area (Å²) in [6, 6.07) is 3.89. The first-order chi connectivity index (χ1) is 16.0. The maximum atomic E-state index is 12.5. The number of carbonyl (C=O) groups excluding carboxylic acids is 4. The summed E-state index contributed by atoms with van der Waals surface area (Å²) in [6.07, 6.45) is 0.395. The Balaban J connectivity index is 2.69. The summed E-state index contributed by atoms with van der Waals surface area (Å²) in [5.41, 5.74) is 5.87. The summed E-state index contributed by atoms with van der Waals surface area (Å²) >= 11 is 0. The largest absolute Gasteiger partial charge is 0.508 e. The van der Waals surface area contributed by atoms with Crippen molar-refractivity contribution in [3.05, 3.63) is 29.8 Å². The fourth-order valence-corrected chi connectivity index (χ4v) is 3.04. The lowest BCUT2D eigenvalue weighted by atomic mass is 10.0. The molecule has 0 aliphatic heterocycles. The molecule has 12 heteroatoms. The molecule has 190 valence electrons. The topological polar surface area (TPSA) is 187 Å². The smallest absolute Gasteiger partial charge is 0.315 e. The van der Waals surface area contributed by atoms with Crippen LogP contribution in [0.15, 0.2) is 24.3 Å². The average molecular weight is 480 g/mol. The van der Waals surface area contributed by atoms with Crippen molar-refractivity contribution in [2.45, 2.75) is 52.2 Å². The lowest BCUT2D eigenvalue weighted by Crippen LogP contribution is -2.54. The van der Waals surface area contributed by atoms with Crippen LogP contribution in [0.1, 0.15) is 33.3 Å². The number of nitrogens with one attached hydrogen (secondary N) is 6. The van der Waals surface area contributed by atoms with E-state index in [4.69, 9.17) is 5.73 Å². The van der Waals surface area contributed by atoms with E-state index in [1.165, 1.54) is 6.92 Å². The molecular formula is C22H37N7O5. The number of hydrogen-bond donors (Lipinski definition) is 8. The Morgan fingerprint density at radius 2 is 1.44 bits per heavy atom. The van der Waals surface area contributed by atoms with Crippen LogP contribution in [-0.2, 0) is 11.2 Å². The molecule has 9 N–H and O–H groups in total. The molecule has 3 atom stereocenters. The third-order valence-electron chi connectivity index (χ3n) is 4.90. The molecule has 0 unspecified atom stereocenters. The van der Waals surface area contributed by atoms with Crippen molar-refractivity contribution in [3.8, 4) is 5.75 Å². The van der Waals surface area contributed by atoms with E-state index in [1.807, 2.05) is 13.8 Å². The minimum absolute atomic E-state index is 0.119.